The van der Waals surface area contributed by atoms with E-state index in [-0.39, 0.29) is 17.9 Å². The summed E-state index contributed by atoms with van der Waals surface area (Å²) in [5.74, 6) is -0.633. The summed E-state index contributed by atoms with van der Waals surface area (Å²) in [4.78, 5) is 26.7. The van der Waals surface area contributed by atoms with E-state index in [1.165, 1.54) is 0 Å². The molecule has 3 rings (SSSR count). The number of hydrogen-bond acceptors (Lipinski definition) is 4. The van der Waals surface area contributed by atoms with Gasteiger partial charge >= 0.3 is 5.97 Å². The van der Waals surface area contributed by atoms with E-state index in [1.807, 2.05) is 26.6 Å². The van der Waals surface area contributed by atoms with Crippen LogP contribution in [0.25, 0.3) is 0 Å². The highest BCUT2D eigenvalue weighted by Crippen LogP contribution is 2.41. The predicted molar refractivity (Wildman–Crippen MR) is 72.4 cm³/mol. The normalized spacial score (nSPS) is 27.6. The van der Waals surface area contributed by atoms with Crippen molar-refractivity contribution in [1.82, 2.24) is 4.90 Å². The van der Waals surface area contributed by atoms with Crippen LogP contribution in [0.15, 0.2) is 16.8 Å². The first-order chi connectivity index (χ1) is 9.08. The van der Waals surface area contributed by atoms with Crippen LogP contribution in [0.3, 0.4) is 0 Å². The average molecular weight is 280 g/mol. The molecule has 0 radical (unpaired) electrons. The van der Waals surface area contributed by atoms with E-state index in [1.54, 1.807) is 11.3 Å². The molecule has 2 aliphatic rings. The first-order valence-corrected chi connectivity index (χ1v) is 7.29. The zero-order chi connectivity index (χ0) is 13.5. The van der Waals surface area contributed by atoms with Crippen LogP contribution in [0.1, 0.15) is 12.8 Å². The maximum absolute atomic E-state index is 12.2. The zero-order valence-electron chi connectivity index (χ0n) is 10.5. The number of amides is 1. The fraction of sp³-hybridized carbons (Fsp3) is 0.538. The van der Waals surface area contributed by atoms with E-state index in [0.717, 1.165) is 25.2 Å². The van der Waals surface area contributed by atoms with Gasteiger partial charge in [-0.05, 0) is 24.4 Å². The standard InChI is InChI=1S/C13H16N2O3S/c16-11-5-13(2-3-14(8-13)6-12(17)18)9-15(11)10-1-4-19-7-10/h1,4,7H,2-3,5-6,8-9H2,(H,17,18)/t13-/m1/s1. The molecule has 19 heavy (non-hydrogen) atoms. The highest BCUT2D eigenvalue weighted by Gasteiger charge is 2.47. The van der Waals surface area contributed by atoms with E-state index < -0.39 is 5.97 Å². The van der Waals surface area contributed by atoms with Gasteiger partial charge in [0.25, 0.3) is 0 Å². The third-order valence-electron chi connectivity index (χ3n) is 4.01. The van der Waals surface area contributed by atoms with E-state index >= 15 is 0 Å². The minimum atomic E-state index is -0.795. The van der Waals surface area contributed by atoms with Crippen molar-refractivity contribution in [1.29, 1.82) is 0 Å². The number of hydrogen-bond donors (Lipinski definition) is 1. The van der Waals surface area contributed by atoms with Crippen molar-refractivity contribution in [3.8, 4) is 0 Å². The Kier molecular flexibility index (Phi) is 3.06. The van der Waals surface area contributed by atoms with Crippen molar-refractivity contribution in [2.75, 3.05) is 31.1 Å². The van der Waals surface area contributed by atoms with E-state index in [4.69, 9.17) is 5.11 Å². The van der Waals surface area contributed by atoms with Crippen molar-refractivity contribution in [3.05, 3.63) is 16.8 Å². The van der Waals surface area contributed by atoms with Crippen LogP contribution >= 0.6 is 11.3 Å². The molecule has 0 aliphatic carbocycles. The van der Waals surface area contributed by atoms with Crippen molar-refractivity contribution in [2.45, 2.75) is 12.8 Å². The van der Waals surface area contributed by atoms with E-state index in [0.29, 0.717) is 13.0 Å². The lowest BCUT2D eigenvalue weighted by molar-refractivity contribution is -0.138. The number of nitrogens with zero attached hydrogens (tertiary/aromatic N) is 2. The molecule has 1 spiro atoms. The second kappa shape index (κ2) is 4.61. The molecule has 0 aromatic carbocycles. The van der Waals surface area contributed by atoms with Crippen LogP contribution in [0.5, 0.6) is 0 Å². The third kappa shape index (κ3) is 2.37. The number of carboxylic acids is 1. The Morgan fingerprint density at radius 1 is 1.47 bits per heavy atom. The van der Waals surface area contributed by atoms with Crippen LogP contribution in [0.4, 0.5) is 5.69 Å². The minimum Gasteiger partial charge on any atom is -0.480 e. The van der Waals surface area contributed by atoms with Gasteiger partial charge in [-0.3, -0.25) is 14.5 Å². The molecule has 1 N–H and O–H groups in total. The van der Waals surface area contributed by atoms with Crippen molar-refractivity contribution in [3.63, 3.8) is 0 Å². The number of aliphatic carboxylic acids is 1. The highest BCUT2D eigenvalue weighted by molar-refractivity contribution is 7.08. The topological polar surface area (TPSA) is 60.9 Å². The molecule has 0 saturated carbocycles. The van der Waals surface area contributed by atoms with Gasteiger partial charge in [-0.15, -0.1) is 0 Å². The van der Waals surface area contributed by atoms with Gasteiger partial charge in [-0.1, -0.05) is 0 Å². The number of anilines is 1. The van der Waals surface area contributed by atoms with Gasteiger partial charge in [-0.25, -0.2) is 0 Å². The SMILES string of the molecule is O=C(O)CN1CC[C@@]2(CC(=O)N(c3ccsc3)C2)C1. The van der Waals surface area contributed by atoms with Crippen LogP contribution in [0, 0.1) is 5.41 Å². The highest BCUT2D eigenvalue weighted by atomic mass is 32.1. The zero-order valence-corrected chi connectivity index (χ0v) is 11.4. The Balaban J connectivity index is 1.71. The Morgan fingerprint density at radius 2 is 2.32 bits per heavy atom. The van der Waals surface area contributed by atoms with Gasteiger partial charge in [0.2, 0.25) is 5.91 Å². The summed E-state index contributed by atoms with van der Waals surface area (Å²) in [6.07, 6.45) is 1.45. The lowest BCUT2D eigenvalue weighted by Gasteiger charge is -2.23. The van der Waals surface area contributed by atoms with Crippen LogP contribution in [-0.2, 0) is 9.59 Å². The summed E-state index contributed by atoms with van der Waals surface area (Å²) in [5, 5.41) is 12.8. The van der Waals surface area contributed by atoms with Crippen LogP contribution < -0.4 is 4.90 Å². The molecule has 0 unspecified atom stereocenters. The number of thiophene rings is 1. The summed E-state index contributed by atoms with van der Waals surface area (Å²) >= 11 is 1.59. The molecule has 1 amide bonds. The van der Waals surface area contributed by atoms with E-state index in [2.05, 4.69) is 0 Å². The molecule has 0 bridgehead atoms. The first-order valence-electron chi connectivity index (χ1n) is 6.35. The van der Waals surface area contributed by atoms with Crippen molar-refractivity contribution < 1.29 is 14.7 Å². The monoisotopic (exact) mass is 280 g/mol. The van der Waals surface area contributed by atoms with Crippen LogP contribution in [-0.4, -0.2) is 48.1 Å². The molecule has 1 aromatic heterocycles. The van der Waals surface area contributed by atoms with Crippen molar-refractivity contribution >= 4 is 28.9 Å². The smallest absolute Gasteiger partial charge is 0.317 e. The number of likely N-dealkylation sites (tertiary alicyclic amines) is 1. The molecule has 3 heterocycles. The second-order valence-corrected chi connectivity index (χ2v) is 6.27. The maximum Gasteiger partial charge on any atom is 0.317 e. The van der Waals surface area contributed by atoms with Gasteiger partial charge in [0.15, 0.2) is 0 Å². The Morgan fingerprint density at radius 3 is 3.00 bits per heavy atom. The summed E-state index contributed by atoms with van der Waals surface area (Å²) in [5.41, 5.74) is 0.928. The molecular weight excluding hydrogens is 264 g/mol. The molecule has 2 aliphatic heterocycles. The fourth-order valence-electron chi connectivity index (χ4n) is 3.17. The number of carboxylic acid groups (broad SMARTS) is 1. The third-order valence-corrected chi connectivity index (χ3v) is 4.69. The van der Waals surface area contributed by atoms with Crippen LogP contribution in [0.2, 0.25) is 0 Å². The number of rotatable bonds is 3. The molecule has 6 heteroatoms. The van der Waals surface area contributed by atoms with E-state index in [9.17, 15) is 9.59 Å². The predicted octanol–water partition coefficient (Wildman–Crippen LogP) is 1.26. The number of carbonyl (C=O) groups excluding carboxylic acids is 1. The summed E-state index contributed by atoms with van der Waals surface area (Å²) in [7, 11) is 0. The van der Waals surface area contributed by atoms with Crippen molar-refractivity contribution in [2.24, 2.45) is 5.41 Å². The summed E-state index contributed by atoms with van der Waals surface area (Å²) in [6, 6.07) is 1.96. The molecular formula is C13H16N2O3S. The number of carbonyl (C=O) groups is 2. The molecule has 5 nitrogen and oxygen atoms in total. The molecule has 1 atom stereocenters. The lowest BCUT2D eigenvalue weighted by Crippen LogP contribution is -2.33. The maximum atomic E-state index is 12.2. The molecule has 1 aromatic rings. The van der Waals surface area contributed by atoms with Gasteiger partial charge in [-0.2, -0.15) is 11.3 Å². The Bertz CT molecular complexity index is 502. The largest absolute Gasteiger partial charge is 0.480 e. The van der Waals surface area contributed by atoms with Gasteiger partial charge in [0.05, 0.1) is 12.2 Å². The second-order valence-electron chi connectivity index (χ2n) is 5.49. The molecule has 2 fully saturated rings. The Labute approximate surface area is 115 Å². The fourth-order valence-corrected chi connectivity index (χ4v) is 3.81. The summed E-state index contributed by atoms with van der Waals surface area (Å²) in [6.45, 7) is 2.29. The summed E-state index contributed by atoms with van der Waals surface area (Å²) < 4.78 is 0. The Hall–Kier alpha value is -1.40. The first kappa shape index (κ1) is 12.6. The lowest BCUT2D eigenvalue weighted by atomic mass is 9.86. The quantitative estimate of drug-likeness (QED) is 0.905. The molecule has 102 valence electrons. The molecule has 2 saturated heterocycles. The average Bonchev–Trinajstić information content (AvgIpc) is 3.00. The minimum absolute atomic E-state index is 0.0472. The van der Waals surface area contributed by atoms with Gasteiger partial charge < -0.3 is 10.0 Å². The van der Waals surface area contributed by atoms with Gasteiger partial charge in [0, 0.05) is 30.3 Å². The van der Waals surface area contributed by atoms with Gasteiger partial charge in [0.1, 0.15) is 0 Å².